The Bertz CT molecular complexity index is 916. The summed E-state index contributed by atoms with van der Waals surface area (Å²) >= 11 is 5.28. The number of hydrogen-bond acceptors (Lipinski definition) is 4. The highest BCUT2D eigenvalue weighted by atomic mass is 32.1. The second kappa shape index (κ2) is 7.88. The van der Waals surface area contributed by atoms with Gasteiger partial charge in [0.15, 0.2) is 10.9 Å². The van der Waals surface area contributed by atoms with E-state index in [4.69, 9.17) is 12.2 Å². The fourth-order valence-electron chi connectivity index (χ4n) is 2.36. The minimum Gasteiger partial charge on any atom is -0.332 e. The minimum atomic E-state index is 0.0283. The summed E-state index contributed by atoms with van der Waals surface area (Å²) in [4.78, 5) is 15.5. The highest BCUT2D eigenvalue weighted by Gasteiger charge is 2.05. The lowest BCUT2D eigenvalue weighted by Crippen LogP contribution is -2.20. The van der Waals surface area contributed by atoms with Crippen LogP contribution in [0, 0.1) is 6.92 Å². The topological polar surface area (TPSA) is 71.8 Å². The van der Waals surface area contributed by atoms with Crippen LogP contribution in [-0.2, 0) is 6.54 Å². The van der Waals surface area contributed by atoms with E-state index in [1.807, 2.05) is 0 Å². The molecule has 3 aromatic rings. The molecule has 3 rings (SSSR count). The van der Waals surface area contributed by atoms with Crippen molar-refractivity contribution in [1.82, 2.24) is 14.8 Å². The van der Waals surface area contributed by atoms with Gasteiger partial charge in [0.25, 0.3) is 0 Å². The fraction of sp³-hybridized carbons (Fsp3) is 0.158. The lowest BCUT2D eigenvalue weighted by Gasteiger charge is -2.08. The van der Waals surface area contributed by atoms with Crippen molar-refractivity contribution in [2.75, 3.05) is 10.6 Å². The molecule has 0 radical (unpaired) electrons. The Hall–Kier alpha value is -3.06. The smallest absolute Gasteiger partial charge is 0.248 e. The minimum absolute atomic E-state index is 0.0283. The first-order valence-electron chi connectivity index (χ1n) is 8.13. The standard InChI is InChI=1S/C19H19N5OS/c1-13-3-5-15(6-4-13)11-24-12-20-18(23-24)22-19(26)21-17-9-7-16(8-10-17)14(2)25/h3-10,12H,11H2,1-2H3,(H2,21,22,23,26). The van der Waals surface area contributed by atoms with Crippen molar-refractivity contribution in [2.24, 2.45) is 0 Å². The van der Waals surface area contributed by atoms with Crippen LogP contribution in [-0.4, -0.2) is 25.7 Å². The molecule has 132 valence electrons. The van der Waals surface area contributed by atoms with E-state index in [0.29, 0.717) is 23.2 Å². The van der Waals surface area contributed by atoms with Crippen molar-refractivity contribution in [1.29, 1.82) is 0 Å². The molecule has 0 atom stereocenters. The molecule has 0 saturated carbocycles. The molecular weight excluding hydrogens is 346 g/mol. The third-order valence-corrected chi connectivity index (χ3v) is 3.98. The normalized spacial score (nSPS) is 10.4. The molecule has 0 amide bonds. The predicted octanol–water partition coefficient (Wildman–Crippen LogP) is 3.65. The molecule has 0 aliphatic carbocycles. The van der Waals surface area contributed by atoms with Crippen LogP contribution in [0.5, 0.6) is 0 Å². The summed E-state index contributed by atoms with van der Waals surface area (Å²) in [5, 5.41) is 10.7. The number of aromatic nitrogens is 3. The molecule has 0 aliphatic rings. The summed E-state index contributed by atoms with van der Waals surface area (Å²) in [5.41, 5.74) is 3.82. The first kappa shape index (κ1) is 17.8. The monoisotopic (exact) mass is 365 g/mol. The molecule has 7 heteroatoms. The van der Waals surface area contributed by atoms with Crippen molar-refractivity contribution in [2.45, 2.75) is 20.4 Å². The summed E-state index contributed by atoms with van der Waals surface area (Å²) < 4.78 is 1.75. The average Bonchev–Trinajstić information content (AvgIpc) is 3.04. The molecular formula is C19H19N5OS. The summed E-state index contributed by atoms with van der Waals surface area (Å²) in [5.74, 6) is 0.454. The third kappa shape index (κ3) is 4.73. The maximum Gasteiger partial charge on any atom is 0.248 e. The van der Waals surface area contributed by atoms with Gasteiger partial charge in [0.1, 0.15) is 6.33 Å². The van der Waals surface area contributed by atoms with Crippen molar-refractivity contribution in [3.05, 3.63) is 71.5 Å². The van der Waals surface area contributed by atoms with Crippen molar-refractivity contribution >= 4 is 34.7 Å². The van der Waals surface area contributed by atoms with Crippen molar-refractivity contribution in [3.8, 4) is 0 Å². The zero-order chi connectivity index (χ0) is 18.5. The highest BCUT2D eigenvalue weighted by molar-refractivity contribution is 7.80. The van der Waals surface area contributed by atoms with Gasteiger partial charge in [-0.25, -0.2) is 9.67 Å². The van der Waals surface area contributed by atoms with Crippen LogP contribution >= 0.6 is 12.2 Å². The van der Waals surface area contributed by atoms with Gasteiger partial charge in [0, 0.05) is 11.3 Å². The number of carbonyl (C=O) groups excluding carboxylic acids is 1. The Balaban J connectivity index is 1.57. The molecule has 0 fully saturated rings. The lowest BCUT2D eigenvalue weighted by molar-refractivity contribution is 0.101. The molecule has 0 spiro atoms. The van der Waals surface area contributed by atoms with E-state index < -0.39 is 0 Å². The van der Waals surface area contributed by atoms with E-state index in [-0.39, 0.29) is 5.78 Å². The first-order chi connectivity index (χ1) is 12.5. The number of Topliss-reactive ketones (excluding diaryl/α,β-unsaturated/α-hetero) is 1. The number of carbonyl (C=O) groups is 1. The van der Waals surface area contributed by atoms with Crippen LogP contribution in [0.1, 0.15) is 28.4 Å². The van der Waals surface area contributed by atoms with Gasteiger partial charge in [0.05, 0.1) is 6.54 Å². The molecule has 1 heterocycles. The summed E-state index contributed by atoms with van der Waals surface area (Å²) in [7, 11) is 0. The summed E-state index contributed by atoms with van der Waals surface area (Å²) in [6.07, 6.45) is 1.66. The van der Waals surface area contributed by atoms with Gasteiger partial charge in [-0.2, -0.15) is 0 Å². The number of hydrogen-bond donors (Lipinski definition) is 2. The Labute approximate surface area is 157 Å². The number of nitrogens with zero attached hydrogens (tertiary/aromatic N) is 3. The van der Waals surface area contributed by atoms with E-state index in [0.717, 1.165) is 11.3 Å². The van der Waals surface area contributed by atoms with Gasteiger partial charge in [-0.1, -0.05) is 29.8 Å². The van der Waals surface area contributed by atoms with E-state index in [1.165, 1.54) is 12.5 Å². The second-order valence-corrected chi connectivity index (χ2v) is 6.37. The molecule has 0 aliphatic heterocycles. The molecule has 0 saturated heterocycles. The van der Waals surface area contributed by atoms with E-state index in [9.17, 15) is 4.79 Å². The number of benzene rings is 2. The molecule has 2 aromatic carbocycles. The zero-order valence-electron chi connectivity index (χ0n) is 14.6. The quantitative estimate of drug-likeness (QED) is 0.531. The van der Waals surface area contributed by atoms with Gasteiger partial charge in [-0.15, -0.1) is 5.10 Å². The van der Waals surface area contributed by atoms with Crippen LogP contribution in [0.3, 0.4) is 0 Å². The highest BCUT2D eigenvalue weighted by Crippen LogP contribution is 2.11. The van der Waals surface area contributed by atoms with E-state index in [2.05, 4.69) is 51.9 Å². The van der Waals surface area contributed by atoms with E-state index >= 15 is 0 Å². The largest absolute Gasteiger partial charge is 0.332 e. The van der Waals surface area contributed by atoms with Gasteiger partial charge < -0.3 is 5.32 Å². The Kier molecular flexibility index (Phi) is 5.38. The molecule has 6 nitrogen and oxygen atoms in total. The first-order valence-corrected chi connectivity index (χ1v) is 8.54. The third-order valence-electron chi connectivity index (χ3n) is 3.78. The van der Waals surface area contributed by atoms with Gasteiger partial charge in [0.2, 0.25) is 5.95 Å². The van der Waals surface area contributed by atoms with Crippen molar-refractivity contribution in [3.63, 3.8) is 0 Å². The Morgan fingerprint density at radius 1 is 1.08 bits per heavy atom. The van der Waals surface area contributed by atoms with Crippen LogP contribution in [0.2, 0.25) is 0 Å². The van der Waals surface area contributed by atoms with Gasteiger partial charge >= 0.3 is 0 Å². The fourth-order valence-corrected chi connectivity index (χ4v) is 2.57. The molecule has 1 aromatic heterocycles. The number of anilines is 2. The number of ketones is 1. The Morgan fingerprint density at radius 2 is 1.77 bits per heavy atom. The van der Waals surface area contributed by atoms with Gasteiger partial charge in [-0.05, 0) is 55.9 Å². The second-order valence-electron chi connectivity index (χ2n) is 5.96. The molecule has 0 unspecified atom stereocenters. The van der Waals surface area contributed by atoms with E-state index in [1.54, 1.807) is 35.3 Å². The van der Waals surface area contributed by atoms with Crippen LogP contribution in [0.15, 0.2) is 54.9 Å². The maximum absolute atomic E-state index is 11.3. The zero-order valence-corrected chi connectivity index (χ0v) is 15.4. The number of rotatable bonds is 5. The number of nitrogens with one attached hydrogen (secondary N) is 2. The van der Waals surface area contributed by atoms with Crippen LogP contribution in [0.4, 0.5) is 11.6 Å². The average molecular weight is 365 g/mol. The van der Waals surface area contributed by atoms with Crippen LogP contribution in [0.25, 0.3) is 0 Å². The molecule has 26 heavy (non-hydrogen) atoms. The predicted molar refractivity (Wildman–Crippen MR) is 107 cm³/mol. The maximum atomic E-state index is 11.3. The SMILES string of the molecule is CC(=O)c1ccc(NC(=S)Nc2ncn(Cc3ccc(C)cc3)n2)cc1. The number of thiocarbonyl (C=S) groups is 1. The van der Waals surface area contributed by atoms with Crippen LogP contribution < -0.4 is 10.6 Å². The van der Waals surface area contributed by atoms with Crippen molar-refractivity contribution < 1.29 is 4.79 Å². The summed E-state index contributed by atoms with van der Waals surface area (Å²) in [6, 6.07) is 15.4. The van der Waals surface area contributed by atoms with Gasteiger partial charge in [-0.3, -0.25) is 10.1 Å². The number of aryl methyl sites for hydroxylation is 1. The lowest BCUT2D eigenvalue weighted by atomic mass is 10.1. The molecule has 0 bridgehead atoms. The Morgan fingerprint density at radius 3 is 2.42 bits per heavy atom. The molecule has 2 N–H and O–H groups in total. The summed E-state index contributed by atoms with van der Waals surface area (Å²) in [6.45, 7) is 4.23.